The molecule has 0 aromatic heterocycles. The fourth-order valence-corrected chi connectivity index (χ4v) is 1.19. The van der Waals surface area contributed by atoms with Crippen molar-refractivity contribution >= 4 is 37.7 Å². The monoisotopic (exact) mass is 449 g/mol. The van der Waals surface area contributed by atoms with Crippen LogP contribution in [-0.4, -0.2) is 12.1 Å². The van der Waals surface area contributed by atoms with E-state index in [1.165, 1.54) is 12.8 Å². The van der Waals surface area contributed by atoms with Crippen molar-refractivity contribution in [3.8, 4) is 0 Å². The van der Waals surface area contributed by atoms with Crippen LogP contribution in [0.5, 0.6) is 0 Å². The first-order chi connectivity index (χ1) is 5.80. The van der Waals surface area contributed by atoms with Crippen LogP contribution in [-0.2, 0) is 11.9 Å². The molecule has 1 fully saturated rings. The summed E-state index contributed by atoms with van der Waals surface area (Å²) in [5.41, 5.74) is 11.3. The van der Waals surface area contributed by atoms with Crippen molar-refractivity contribution in [2.75, 3.05) is 0 Å². The average Bonchev–Trinajstić information content (AvgIpc) is 1.92. The van der Waals surface area contributed by atoms with Crippen LogP contribution in [0.4, 0.5) is 0 Å². The first kappa shape index (κ1) is 14.8. The molecule has 0 saturated heterocycles. The molecule has 0 spiro atoms. The molecule has 86 valence electrons. The van der Waals surface area contributed by atoms with Crippen LogP contribution in [0.25, 0.3) is 0 Å². The van der Waals surface area contributed by atoms with E-state index in [1.54, 1.807) is 0 Å². The minimum atomic E-state index is -3.06. The van der Waals surface area contributed by atoms with Crippen molar-refractivity contribution in [1.82, 2.24) is 0 Å². The molecule has 0 bridgehead atoms. The number of hydrogen-bond donors (Lipinski definition) is 2. The SMILES string of the molecule is N[C@@H]1CCCC[C@H]1N.[Cl][Pt]([Cl])([Cl])[Cl]. The fourth-order valence-electron chi connectivity index (χ4n) is 1.19. The number of hydrogen-bond acceptors (Lipinski definition) is 2. The molecule has 2 nitrogen and oxygen atoms in total. The van der Waals surface area contributed by atoms with Crippen molar-refractivity contribution in [3.05, 3.63) is 0 Å². The van der Waals surface area contributed by atoms with Gasteiger partial charge in [0, 0.05) is 12.1 Å². The molecule has 1 rings (SSSR count). The van der Waals surface area contributed by atoms with Gasteiger partial charge in [0.05, 0.1) is 0 Å². The molecule has 0 aromatic rings. The molecule has 0 aliphatic heterocycles. The molecule has 2 atom stereocenters. The maximum atomic E-state index is 5.65. The van der Waals surface area contributed by atoms with Crippen molar-refractivity contribution in [1.29, 1.82) is 0 Å². The summed E-state index contributed by atoms with van der Waals surface area (Å²) in [5, 5.41) is 0. The van der Waals surface area contributed by atoms with Crippen molar-refractivity contribution < 1.29 is 11.9 Å². The van der Waals surface area contributed by atoms with E-state index in [9.17, 15) is 0 Å². The van der Waals surface area contributed by atoms with Crippen LogP contribution in [0, 0.1) is 0 Å². The standard InChI is InChI=1S/C6H14N2.4ClH.Pt/c7-5-3-1-2-4-6(5)8;;;;;/h5-6H,1-4,7-8H2;4*1H;/q;;;;;+4/p-4/t5-,6-;;;;;/m1...../s1. The van der Waals surface area contributed by atoms with Gasteiger partial charge in [-0.25, -0.2) is 0 Å². The van der Waals surface area contributed by atoms with Gasteiger partial charge in [0.1, 0.15) is 0 Å². The van der Waals surface area contributed by atoms with E-state index in [-0.39, 0.29) is 12.1 Å². The third-order valence-electron chi connectivity index (χ3n) is 1.87. The third kappa shape index (κ3) is 11.7. The quantitative estimate of drug-likeness (QED) is 0.596. The molecule has 1 aliphatic rings. The van der Waals surface area contributed by atoms with Gasteiger partial charge in [0.25, 0.3) is 0 Å². The summed E-state index contributed by atoms with van der Waals surface area (Å²) < 4.78 is 0. The summed E-state index contributed by atoms with van der Waals surface area (Å²) in [6.45, 7) is 0. The third-order valence-corrected chi connectivity index (χ3v) is 1.87. The molecule has 13 heavy (non-hydrogen) atoms. The van der Waals surface area contributed by atoms with Crippen LogP contribution in [0.3, 0.4) is 0 Å². The second-order valence-corrected chi connectivity index (χ2v) is 22.6. The van der Waals surface area contributed by atoms with Gasteiger partial charge in [-0.05, 0) is 12.8 Å². The maximum absolute atomic E-state index is 5.65. The van der Waals surface area contributed by atoms with E-state index in [4.69, 9.17) is 49.1 Å². The Bertz CT molecular complexity index is 125. The van der Waals surface area contributed by atoms with Gasteiger partial charge < -0.3 is 11.5 Å². The normalized spacial score (nSPS) is 30.3. The van der Waals surface area contributed by atoms with Gasteiger partial charge in [-0.3, -0.25) is 0 Å². The van der Waals surface area contributed by atoms with Gasteiger partial charge in [0.15, 0.2) is 0 Å². The van der Waals surface area contributed by atoms with E-state index in [0.29, 0.717) is 0 Å². The topological polar surface area (TPSA) is 52.0 Å². The Kier molecular flexibility index (Phi) is 8.08. The second-order valence-electron chi connectivity index (χ2n) is 2.88. The Hall–Kier alpha value is 1.77. The van der Waals surface area contributed by atoms with E-state index in [2.05, 4.69) is 0 Å². The van der Waals surface area contributed by atoms with Crippen molar-refractivity contribution in [2.24, 2.45) is 11.5 Å². The Morgan fingerprint density at radius 1 is 0.846 bits per heavy atom. The van der Waals surface area contributed by atoms with Gasteiger partial charge in [0.2, 0.25) is 0 Å². The van der Waals surface area contributed by atoms with Gasteiger partial charge in [-0.2, -0.15) is 0 Å². The van der Waals surface area contributed by atoms with E-state index in [0.717, 1.165) is 12.8 Å². The van der Waals surface area contributed by atoms with Crippen molar-refractivity contribution in [3.63, 3.8) is 0 Å². The Morgan fingerprint density at radius 3 is 1.23 bits per heavy atom. The Balaban J connectivity index is 0.000000252. The van der Waals surface area contributed by atoms with E-state index in [1.807, 2.05) is 0 Å². The molecule has 0 aromatic carbocycles. The first-order valence-electron chi connectivity index (χ1n) is 3.79. The molecular weight excluding hydrogens is 437 g/mol. The van der Waals surface area contributed by atoms with Crippen LogP contribution in [0.1, 0.15) is 25.7 Å². The average molecular weight is 451 g/mol. The van der Waals surface area contributed by atoms with Gasteiger partial charge in [-0.15, -0.1) is 0 Å². The Morgan fingerprint density at radius 2 is 1.08 bits per heavy atom. The van der Waals surface area contributed by atoms with Gasteiger partial charge in [-0.1, -0.05) is 12.8 Å². The minimum absolute atomic E-state index is 0.281. The summed E-state index contributed by atoms with van der Waals surface area (Å²) in [4.78, 5) is 0. The molecular formula is C6H14Cl4N2Pt. The van der Waals surface area contributed by atoms with Crippen LogP contribution >= 0.6 is 37.7 Å². The van der Waals surface area contributed by atoms with Gasteiger partial charge >= 0.3 is 49.6 Å². The summed E-state index contributed by atoms with van der Waals surface area (Å²) in [6.07, 6.45) is 4.80. The van der Waals surface area contributed by atoms with Crippen LogP contribution < -0.4 is 11.5 Å². The molecule has 0 unspecified atom stereocenters. The molecule has 7 heteroatoms. The second kappa shape index (κ2) is 7.11. The number of rotatable bonds is 0. The molecule has 0 radical (unpaired) electrons. The fraction of sp³-hybridized carbons (Fsp3) is 1.00. The summed E-state index contributed by atoms with van der Waals surface area (Å²) >= 11 is -3.06. The summed E-state index contributed by atoms with van der Waals surface area (Å²) in [7, 11) is 20.0. The first-order valence-corrected chi connectivity index (χ1v) is 15.1. The zero-order valence-corrected chi connectivity index (χ0v) is 12.3. The molecule has 1 saturated carbocycles. The molecule has 1 aliphatic carbocycles. The Labute approximate surface area is 98.1 Å². The van der Waals surface area contributed by atoms with Crippen molar-refractivity contribution in [2.45, 2.75) is 37.8 Å². The van der Waals surface area contributed by atoms with E-state index < -0.39 is 11.9 Å². The molecule has 4 N–H and O–H groups in total. The summed E-state index contributed by atoms with van der Waals surface area (Å²) in [6, 6.07) is 0.562. The molecule has 0 amide bonds. The van der Waals surface area contributed by atoms with E-state index >= 15 is 0 Å². The van der Waals surface area contributed by atoms with Crippen LogP contribution in [0.2, 0.25) is 0 Å². The number of nitrogens with two attached hydrogens (primary N) is 2. The zero-order valence-electron chi connectivity index (χ0n) is 6.97. The predicted octanol–water partition coefficient (Wildman–Crippen LogP) is 2.97. The zero-order chi connectivity index (χ0) is 10.5. The summed E-state index contributed by atoms with van der Waals surface area (Å²) in [5.74, 6) is 0. The predicted molar refractivity (Wildman–Crippen MR) is 57.8 cm³/mol. The number of halogens is 4. The molecule has 0 heterocycles. The van der Waals surface area contributed by atoms with Crippen LogP contribution in [0.15, 0.2) is 0 Å².